The Morgan fingerprint density at radius 2 is 0.875 bits per heavy atom. The average molecular weight is 437 g/mol. The second-order valence-corrected chi connectivity index (χ2v) is 9.68. The molecule has 0 spiro atoms. The first-order valence-electron chi connectivity index (χ1n) is 11.9. The van der Waals surface area contributed by atoms with Crippen molar-refractivity contribution in [1.29, 1.82) is 0 Å². The van der Waals surface area contributed by atoms with Crippen molar-refractivity contribution in [3.63, 3.8) is 0 Å². The van der Waals surface area contributed by atoms with Gasteiger partial charge in [0.05, 0.1) is 50.8 Å². The molecule has 0 amide bonds. The van der Waals surface area contributed by atoms with Crippen molar-refractivity contribution < 1.29 is 18.9 Å². The van der Waals surface area contributed by atoms with Crippen molar-refractivity contribution in [3.8, 4) is 0 Å². The van der Waals surface area contributed by atoms with Crippen LogP contribution in [0.15, 0.2) is 24.3 Å². The molecule has 170 valence electrons. The lowest BCUT2D eigenvalue weighted by Gasteiger charge is -2.20. The summed E-state index contributed by atoms with van der Waals surface area (Å²) in [5.74, 6) is 0. The van der Waals surface area contributed by atoms with Crippen LogP contribution in [0.2, 0.25) is 0 Å². The number of ether oxygens (including phenoxy) is 4. The van der Waals surface area contributed by atoms with Crippen LogP contribution in [-0.4, -0.2) is 50.8 Å². The fraction of sp³-hybridized carbons (Fsp3) is 0.538. The zero-order valence-electron chi connectivity index (χ0n) is 18.5. The average Bonchev–Trinajstić information content (AvgIpc) is 3.61. The van der Waals surface area contributed by atoms with Crippen LogP contribution >= 0.6 is 0 Å². The van der Waals surface area contributed by atoms with Gasteiger partial charge in [-0.3, -0.25) is 0 Å². The van der Waals surface area contributed by atoms with E-state index in [9.17, 15) is 0 Å². The fourth-order valence-corrected chi connectivity index (χ4v) is 4.94. The Balaban J connectivity index is 1.30. The summed E-state index contributed by atoms with van der Waals surface area (Å²) < 4.78 is 22.2. The summed E-state index contributed by atoms with van der Waals surface area (Å²) in [6.07, 6.45) is 6.88. The standard InChI is InChI=1S/C26H32N2O4/c27-25-5-1-15(7-17-11-29-17)23(9-19-13-31-19)21(25)3-4-22-24(10-20-14-32-20)16(2-6-26(22)28)8-18-12-30-18/h1-2,5-6,17-20H,3-4,7-14,27-28H2. The number of hydrogen-bond donors (Lipinski definition) is 2. The summed E-state index contributed by atoms with van der Waals surface area (Å²) in [5, 5.41) is 0. The van der Waals surface area contributed by atoms with Crippen molar-refractivity contribution in [2.75, 3.05) is 37.9 Å². The molecule has 0 radical (unpaired) electrons. The summed E-state index contributed by atoms with van der Waals surface area (Å²) in [6.45, 7) is 3.41. The van der Waals surface area contributed by atoms with E-state index < -0.39 is 0 Å². The van der Waals surface area contributed by atoms with Gasteiger partial charge in [-0.1, -0.05) is 12.1 Å². The summed E-state index contributed by atoms with van der Waals surface area (Å²) in [6, 6.07) is 8.48. The molecule has 6 nitrogen and oxygen atoms in total. The molecule has 4 aliphatic heterocycles. The van der Waals surface area contributed by atoms with E-state index in [2.05, 4.69) is 24.3 Å². The van der Waals surface area contributed by atoms with Crippen molar-refractivity contribution in [1.82, 2.24) is 0 Å². The molecule has 6 rings (SSSR count). The first-order chi connectivity index (χ1) is 15.6. The molecule has 4 aliphatic rings. The normalized spacial score (nSPS) is 27.4. The van der Waals surface area contributed by atoms with E-state index in [1.807, 2.05) is 0 Å². The predicted octanol–water partition coefficient (Wildman–Crippen LogP) is 2.40. The third-order valence-corrected chi connectivity index (χ3v) is 7.12. The van der Waals surface area contributed by atoms with E-state index in [1.54, 1.807) is 0 Å². The molecule has 2 aromatic carbocycles. The lowest BCUT2D eigenvalue weighted by Crippen LogP contribution is -2.13. The van der Waals surface area contributed by atoms with Gasteiger partial charge in [-0.2, -0.15) is 0 Å². The van der Waals surface area contributed by atoms with Gasteiger partial charge in [-0.15, -0.1) is 0 Å². The number of hydrogen-bond acceptors (Lipinski definition) is 6. The number of epoxide rings is 4. The molecule has 4 heterocycles. The SMILES string of the molecule is Nc1ccc(CC2CO2)c(CC2CO2)c1CCc1c(N)ccc(CC2CO2)c1CC1CO1. The lowest BCUT2D eigenvalue weighted by molar-refractivity contribution is 0.401. The van der Waals surface area contributed by atoms with Crippen LogP contribution in [0.25, 0.3) is 0 Å². The molecular weight excluding hydrogens is 404 g/mol. The van der Waals surface area contributed by atoms with Crippen LogP contribution in [0.5, 0.6) is 0 Å². The van der Waals surface area contributed by atoms with Gasteiger partial charge in [0.1, 0.15) is 0 Å². The Kier molecular flexibility index (Phi) is 5.34. The van der Waals surface area contributed by atoms with Gasteiger partial charge in [-0.25, -0.2) is 0 Å². The van der Waals surface area contributed by atoms with E-state index in [0.717, 1.165) is 76.3 Å². The Labute approximate surface area is 189 Å². The highest BCUT2D eigenvalue weighted by Gasteiger charge is 2.31. The smallest absolute Gasteiger partial charge is 0.0850 e. The predicted molar refractivity (Wildman–Crippen MR) is 123 cm³/mol. The molecule has 4 atom stereocenters. The van der Waals surface area contributed by atoms with Gasteiger partial charge in [0.15, 0.2) is 0 Å². The first kappa shape index (κ1) is 20.5. The topological polar surface area (TPSA) is 102 Å². The van der Waals surface area contributed by atoms with Crippen LogP contribution in [0, 0.1) is 0 Å². The maximum absolute atomic E-state index is 6.53. The van der Waals surface area contributed by atoms with Gasteiger partial charge in [-0.05, 0) is 58.4 Å². The second-order valence-electron chi connectivity index (χ2n) is 9.68. The van der Waals surface area contributed by atoms with E-state index in [1.165, 1.54) is 33.4 Å². The Bertz CT molecular complexity index is 926. The summed E-state index contributed by atoms with van der Waals surface area (Å²) in [7, 11) is 0. The number of nitrogen functional groups attached to an aromatic ring is 2. The number of rotatable bonds is 11. The minimum atomic E-state index is 0.323. The van der Waals surface area contributed by atoms with E-state index >= 15 is 0 Å². The van der Waals surface area contributed by atoms with Gasteiger partial charge in [0.2, 0.25) is 0 Å². The maximum Gasteiger partial charge on any atom is 0.0850 e. The third kappa shape index (κ3) is 4.79. The number of anilines is 2. The monoisotopic (exact) mass is 436 g/mol. The summed E-state index contributed by atoms with van der Waals surface area (Å²) in [4.78, 5) is 0. The van der Waals surface area contributed by atoms with Gasteiger partial charge in [0, 0.05) is 37.1 Å². The highest BCUT2D eigenvalue weighted by Crippen LogP contribution is 2.33. The molecule has 6 heteroatoms. The third-order valence-electron chi connectivity index (χ3n) is 7.12. The van der Waals surface area contributed by atoms with E-state index in [-0.39, 0.29) is 0 Å². The van der Waals surface area contributed by atoms with E-state index in [4.69, 9.17) is 30.4 Å². The van der Waals surface area contributed by atoms with Crippen LogP contribution in [0.1, 0.15) is 33.4 Å². The highest BCUT2D eigenvalue weighted by molar-refractivity contribution is 5.58. The summed E-state index contributed by atoms with van der Waals surface area (Å²) >= 11 is 0. The first-order valence-corrected chi connectivity index (χ1v) is 11.9. The van der Waals surface area contributed by atoms with Crippen molar-refractivity contribution >= 4 is 11.4 Å². The van der Waals surface area contributed by atoms with Crippen LogP contribution in [0.4, 0.5) is 11.4 Å². The van der Waals surface area contributed by atoms with Crippen LogP contribution < -0.4 is 11.5 Å². The molecular formula is C26H32N2O4. The Morgan fingerprint density at radius 1 is 0.531 bits per heavy atom. The molecule has 2 aromatic rings. The molecule has 0 bridgehead atoms. The van der Waals surface area contributed by atoms with E-state index in [0.29, 0.717) is 24.4 Å². The Hall–Kier alpha value is -2.12. The van der Waals surface area contributed by atoms with Crippen molar-refractivity contribution in [2.45, 2.75) is 62.9 Å². The zero-order valence-corrected chi connectivity index (χ0v) is 18.5. The van der Waals surface area contributed by atoms with Gasteiger partial charge in [0.25, 0.3) is 0 Å². The van der Waals surface area contributed by atoms with Gasteiger partial charge < -0.3 is 30.4 Å². The van der Waals surface area contributed by atoms with Crippen LogP contribution in [0.3, 0.4) is 0 Å². The molecule has 4 unspecified atom stereocenters. The highest BCUT2D eigenvalue weighted by atomic mass is 16.6. The quantitative estimate of drug-likeness (QED) is 0.414. The van der Waals surface area contributed by atoms with Crippen LogP contribution in [-0.2, 0) is 57.5 Å². The lowest BCUT2D eigenvalue weighted by atomic mass is 9.86. The molecule has 4 saturated heterocycles. The molecule has 4 fully saturated rings. The molecule has 32 heavy (non-hydrogen) atoms. The minimum Gasteiger partial charge on any atom is -0.398 e. The zero-order chi connectivity index (χ0) is 21.7. The minimum absolute atomic E-state index is 0.323. The van der Waals surface area contributed by atoms with Crippen molar-refractivity contribution in [2.24, 2.45) is 0 Å². The van der Waals surface area contributed by atoms with Gasteiger partial charge >= 0.3 is 0 Å². The second kappa shape index (κ2) is 8.34. The largest absolute Gasteiger partial charge is 0.398 e. The molecule has 0 saturated carbocycles. The maximum atomic E-state index is 6.53. The summed E-state index contributed by atoms with van der Waals surface area (Å²) in [5.41, 5.74) is 22.7. The fourth-order valence-electron chi connectivity index (χ4n) is 4.94. The Morgan fingerprint density at radius 3 is 1.22 bits per heavy atom. The molecule has 0 aromatic heterocycles. The number of nitrogens with two attached hydrogens (primary N) is 2. The molecule has 4 N–H and O–H groups in total. The van der Waals surface area contributed by atoms with Crippen molar-refractivity contribution in [3.05, 3.63) is 57.6 Å². The molecule has 0 aliphatic carbocycles. The number of benzene rings is 2.